The van der Waals surface area contributed by atoms with E-state index in [4.69, 9.17) is 5.11 Å². The highest BCUT2D eigenvalue weighted by Crippen LogP contribution is 2.36. The minimum Gasteiger partial charge on any atom is -0.478 e. The van der Waals surface area contributed by atoms with Gasteiger partial charge in [0.25, 0.3) is 0 Å². The van der Waals surface area contributed by atoms with Crippen molar-refractivity contribution >= 4 is 40.1 Å². The SMILES string of the molecule is C=C(/C=C\c1[nH]ncc1C)/C(=C(\CC)c1ccc(S(=O)C(F)(F)F)cc1)c1ccc(/C=C/C(=O)O)cc1. The molecular formula is C28H25F3N2O3S. The highest BCUT2D eigenvalue weighted by molar-refractivity contribution is 7.86. The number of aromatic amines is 1. The van der Waals surface area contributed by atoms with Crippen molar-refractivity contribution in [3.05, 3.63) is 107 Å². The van der Waals surface area contributed by atoms with Crippen molar-refractivity contribution in [2.24, 2.45) is 0 Å². The van der Waals surface area contributed by atoms with Gasteiger partial charge in [-0.3, -0.25) is 5.10 Å². The fourth-order valence-corrected chi connectivity index (χ4v) is 4.36. The number of halogens is 3. The lowest BCUT2D eigenvalue weighted by Gasteiger charge is -2.17. The molecule has 0 saturated heterocycles. The Morgan fingerprint density at radius 3 is 2.19 bits per heavy atom. The summed E-state index contributed by atoms with van der Waals surface area (Å²) in [6.45, 7) is 8.09. The maximum Gasteiger partial charge on any atom is 0.475 e. The molecule has 2 N–H and O–H groups in total. The van der Waals surface area contributed by atoms with Gasteiger partial charge in [-0.25, -0.2) is 9.00 Å². The van der Waals surface area contributed by atoms with Crippen LogP contribution in [-0.2, 0) is 15.6 Å². The summed E-state index contributed by atoms with van der Waals surface area (Å²) in [5.74, 6) is -1.06. The third kappa shape index (κ3) is 7.04. The second-order valence-electron chi connectivity index (χ2n) is 8.06. The Balaban J connectivity index is 2.10. The monoisotopic (exact) mass is 526 g/mol. The molecule has 9 heteroatoms. The van der Waals surface area contributed by atoms with Crippen LogP contribution < -0.4 is 0 Å². The average Bonchev–Trinajstić information content (AvgIpc) is 3.28. The van der Waals surface area contributed by atoms with E-state index in [-0.39, 0.29) is 4.90 Å². The molecule has 2 aromatic carbocycles. The van der Waals surface area contributed by atoms with Gasteiger partial charge in [-0.2, -0.15) is 18.3 Å². The van der Waals surface area contributed by atoms with Gasteiger partial charge in [0, 0.05) is 11.0 Å². The average molecular weight is 527 g/mol. The molecule has 0 fully saturated rings. The molecule has 1 unspecified atom stereocenters. The van der Waals surface area contributed by atoms with Crippen LogP contribution in [0.4, 0.5) is 13.2 Å². The van der Waals surface area contributed by atoms with Gasteiger partial charge in [0.15, 0.2) is 10.8 Å². The molecule has 0 aliphatic carbocycles. The van der Waals surface area contributed by atoms with E-state index < -0.39 is 22.3 Å². The summed E-state index contributed by atoms with van der Waals surface area (Å²) in [6, 6.07) is 12.7. The standard InChI is InChI=1S/C28H25F3N2O3S/c1-4-24(21-11-13-23(14-12-21)37(36)28(29,30)31)27(18(2)5-15-25-19(3)17-32-33-25)22-9-6-20(7-10-22)8-16-26(34)35/h5-17H,2,4H2,1,3H3,(H,32,33)(H,34,35)/b15-5-,16-8+,27-24-. The van der Waals surface area contributed by atoms with Crippen LogP contribution in [0.15, 0.2) is 83.9 Å². The lowest BCUT2D eigenvalue weighted by molar-refractivity contribution is -0.131. The zero-order valence-electron chi connectivity index (χ0n) is 20.2. The molecule has 0 radical (unpaired) electrons. The van der Waals surface area contributed by atoms with E-state index in [1.807, 2.05) is 38.1 Å². The Bertz CT molecular complexity index is 1400. The van der Waals surface area contributed by atoms with E-state index in [1.54, 1.807) is 18.3 Å². The summed E-state index contributed by atoms with van der Waals surface area (Å²) in [4.78, 5) is 10.5. The highest BCUT2D eigenvalue weighted by Gasteiger charge is 2.37. The lowest BCUT2D eigenvalue weighted by atomic mass is 9.88. The molecule has 1 heterocycles. The number of nitrogens with one attached hydrogen (secondary N) is 1. The lowest BCUT2D eigenvalue weighted by Crippen LogP contribution is -2.16. The summed E-state index contributed by atoms with van der Waals surface area (Å²) in [5.41, 5.74) is 1.34. The zero-order chi connectivity index (χ0) is 27.2. The van der Waals surface area contributed by atoms with Gasteiger partial charge in [-0.15, -0.1) is 0 Å². The first kappa shape index (κ1) is 27.6. The maximum atomic E-state index is 12.9. The molecule has 5 nitrogen and oxygen atoms in total. The molecule has 0 saturated carbocycles. The number of carboxylic acids is 1. The number of nitrogens with zero attached hydrogens (tertiary/aromatic N) is 1. The molecule has 1 aromatic heterocycles. The van der Waals surface area contributed by atoms with E-state index in [1.165, 1.54) is 30.3 Å². The number of hydrogen-bond acceptors (Lipinski definition) is 3. The molecule has 1 atom stereocenters. The van der Waals surface area contributed by atoms with Crippen LogP contribution in [0.1, 0.15) is 41.3 Å². The molecule has 37 heavy (non-hydrogen) atoms. The first-order valence-electron chi connectivity index (χ1n) is 11.2. The quantitative estimate of drug-likeness (QED) is 0.178. The second kappa shape index (κ2) is 11.8. The summed E-state index contributed by atoms with van der Waals surface area (Å²) in [5, 5.41) is 15.8. The summed E-state index contributed by atoms with van der Waals surface area (Å²) < 4.78 is 50.4. The number of aromatic nitrogens is 2. The van der Waals surface area contributed by atoms with Gasteiger partial charge in [-0.1, -0.05) is 56.0 Å². The van der Waals surface area contributed by atoms with Crippen LogP contribution in [0.25, 0.3) is 23.3 Å². The van der Waals surface area contributed by atoms with Gasteiger partial charge in [0.05, 0.1) is 11.9 Å². The van der Waals surface area contributed by atoms with Crippen molar-refractivity contribution in [3.63, 3.8) is 0 Å². The van der Waals surface area contributed by atoms with Gasteiger partial charge < -0.3 is 5.11 Å². The number of carboxylic acid groups (broad SMARTS) is 1. The van der Waals surface area contributed by atoms with Crippen LogP contribution in [0.3, 0.4) is 0 Å². The van der Waals surface area contributed by atoms with E-state index >= 15 is 0 Å². The van der Waals surface area contributed by atoms with Gasteiger partial charge in [-0.05, 0) is 76.6 Å². The Kier molecular flexibility index (Phi) is 8.83. The first-order chi connectivity index (χ1) is 17.5. The molecule has 3 rings (SSSR count). The van der Waals surface area contributed by atoms with Crippen molar-refractivity contribution in [1.82, 2.24) is 10.2 Å². The van der Waals surface area contributed by atoms with E-state index in [9.17, 15) is 22.2 Å². The number of alkyl halides is 3. The van der Waals surface area contributed by atoms with Gasteiger partial charge in [0.1, 0.15) is 0 Å². The third-order valence-electron chi connectivity index (χ3n) is 5.54. The Hall–Kier alpha value is -3.98. The number of H-pyrrole nitrogens is 1. The van der Waals surface area contributed by atoms with Crippen molar-refractivity contribution in [1.29, 1.82) is 0 Å². The molecule has 3 aromatic rings. The molecule has 0 amide bonds. The molecule has 0 aliphatic heterocycles. The van der Waals surface area contributed by atoms with Gasteiger partial charge >= 0.3 is 11.5 Å². The molecule has 0 aliphatic rings. The van der Waals surface area contributed by atoms with E-state index in [0.29, 0.717) is 23.1 Å². The predicted octanol–water partition coefficient (Wildman–Crippen LogP) is 7.03. The van der Waals surface area contributed by atoms with Crippen LogP contribution in [0.5, 0.6) is 0 Å². The van der Waals surface area contributed by atoms with Gasteiger partial charge in [0.2, 0.25) is 0 Å². The van der Waals surface area contributed by atoms with E-state index in [2.05, 4.69) is 16.8 Å². The largest absolute Gasteiger partial charge is 0.478 e. The Morgan fingerprint density at radius 2 is 1.68 bits per heavy atom. The molecule has 192 valence electrons. The molecular weight excluding hydrogens is 501 g/mol. The number of aliphatic carboxylic acids is 1. The normalized spacial score (nSPS) is 13.6. The fraction of sp³-hybridized carbons (Fsp3) is 0.143. The predicted molar refractivity (Wildman–Crippen MR) is 141 cm³/mol. The topological polar surface area (TPSA) is 83.0 Å². The summed E-state index contributed by atoms with van der Waals surface area (Å²) in [7, 11) is -3.11. The number of benzene rings is 2. The smallest absolute Gasteiger partial charge is 0.475 e. The van der Waals surface area contributed by atoms with Crippen LogP contribution in [0, 0.1) is 6.92 Å². The van der Waals surface area contributed by atoms with Crippen molar-refractivity contribution in [3.8, 4) is 0 Å². The van der Waals surface area contributed by atoms with Crippen molar-refractivity contribution in [2.75, 3.05) is 0 Å². The zero-order valence-corrected chi connectivity index (χ0v) is 21.0. The number of rotatable bonds is 9. The van der Waals surface area contributed by atoms with Crippen LogP contribution in [-0.4, -0.2) is 31.0 Å². The Morgan fingerprint density at radius 1 is 1.05 bits per heavy atom. The number of carbonyl (C=O) groups is 1. The number of hydrogen-bond donors (Lipinski definition) is 2. The second-order valence-corrected chi connectivity index (χ2v) is 9.54. The summed E-state index contributed by atoms with van der Waals surface area (Å²) >= 11 is 0. The maximum absolute atomic E-state index is 12.9. The van der Waals surface area contributed by atoms with Crippen molar-refractivity contribution < 1.29 is 27.3 Å². The molecule has 0 bridgehead atoms. The van der Waals surface area contributed by atoms with Crippen LogP contribution in [0.2, 0.25) is 0 Å². The Labute approximate surface area is 215 Å². The van der Waals surface area contributed by atoms with Crippen LogP contribution >= 0.6 is 0 Å². The van der Waals surface area contributed by atoms with Crippen molar-refractivity contribution in [2.45, 2.75) is 30.7 Å². The third-order valence-corrected chi connectivity index (χ3v) is 6.66. The first-order valence-corrected chi connectivity index (χ1v) is 12.4. The highest BCUT2D eigenvalue weighted by atomic mass is 32.2. The number of allylic oxidation sites excluding steroid dienone is 4. The minimum atomic E-state index is -4.84. The minimum absolute atomic E-state index is 0.323. The summed E-state index contributed by atoms with van der Waals surface area (Å²) in [6.07, 6.45) is 8.43. The van der Waals surface area contributed by atoms with E-state index in [0.717, 1.165) is 34.0 Å². The fourth-order valence-electron chi connectivity index (χ4n) is 3.71. The molecule has 0 spiro atoms. The number of aryl methyl sites for hydroxylation is 1.